The lowest BCUT2D eigenvalue weighted by atomic mass is 10.1. The molecule has 132 valence electrons. The van der Waals surface area contributed by atoms with Gasteiger partial charge in [-0.2, -0.15) is 5.10 Å². The van der Waals surface area contributed by atoms with E-state index in [1.807, 2.05) is 19.9 Å². The van der Waals surface area contributed by atoms with E-state index in [9.17, 15) is 9.59 Å². The molecule has 0 saturated carbocycles. The predicted molar refractivity (Wildman–Crippen MR) is 96.9 cm³/mol. The predicted octanol–water partition coefficient (Wildman–Crippen LogP) is 3.58. The molecule has 26 heavy (non-hydrogen) atoms. The van der Waals surface area contributed by atoms with Crippen molar-refractivity contribution in [3.8, 4) is 5.82 Å². The van der Waals surface area contributed by atoms with Gasteiger partial charge in [0.1, 0.15) is 0 Å². The number of rotatable bonds is 5. The molecule has 0 saturated heterocycles. The molecule has 0 unspecified atom stereocenters. The topological polar surface area (TPSA) is 74.1 Å². The first-order valence-corrected chi connectivity index (χ1v) is 8.29. The van der Waals surface area contributed by atoms with Crippen LogP contribution in [0.2, 0.25) is 5.02 Å². The monoisotopic (exact) mass is 369 g/mol. The molecule has 0 fully saturated rings. The van der Waals surface area contributed by atoms with E-state index >= 15 is 0 Å². The lowest BCUT2D eigenvalue weighted by molar-refractivity contribution is 0.0469. The summed E-state index contributed by atoms with van der Waals surface area (Å²) in [6.07, 6.45) is 0. The summed E-state index contributed by atoms with van der Waals surface area (Å²) in [5.41, 5.74) is 2.11. The van der Waals surface area contributed by atoms with Crippen LogP contribution in [0.25, 0.3) is 5.82 Å². The molecule has 0 bridgehead atoms. The number of carbonyl (C=O) groups is 2. The Labute approximate surface area is 155 Å². The quantitative estimate of drug-likeness (QED) is 0.507. The minimum atomic E-state index is -0.761. The standard InChI is InChI=1S/C19H16ClN3O3/c1-12-10-13(2)23(22-12)17-9-8-15(20)18(21-17)19(25)26-11-16(24)14-6-4-3-5-7-14/h3-10H,11H2,1-2H3. The molecule has 2 aromatic heterocycles. The van der Waals surface area contributed by atoms with Gasteiger partial charge < -0.3 is 4.74 Å². The maximum absolute atomic E-state index is 12.3. The van der Waals surface area contributed by atoms with Crippen LogP contribution in [0.15, 0.2) is 48.5 Å². The number of benzene rings is 1. The van der Waals surface area contributed by atoms with Crippen LogP contribution in [0.3, 0.4) is 0 Å². The van der Waals surface area contributed by atoms with E-state index in [1.54, 1.807) is 47.1 Å². The summed E-state index contributed by atoms with van der Waals surface area (Å²) in [4.78, 5) is 28.6. The number of esters is 1. The molecule has 0 spiro atoms. The molecular formula is C19H16ClN3O3. The molecule has 0 aliphatic heterocycles. The van der Waals surface area contributed by atoms with Crippen molar-refractivity contribution >= 4 is 23.4 Å². The number of aromatic nitrogens is 3. The Balaban J connectivity index is 1.78. The molecule has 1 aromatic carbocycles. The van der Waals surface area contributed by atoms with Crippen LogP contribution < -0.4 is 0 Å². The van der Waals surface area contributed by atoms with Crippen LogP contribution in [0.4, 0.5) is 0 Å². The number of nitrogens with zero attached hydrogens (tertiary/aromatic N) is 3. The molecule has 3 aromatic rings. The van der Waals surface area contributed by atoms with Gasteiger partial charge in [0.25, 0.3) is 0 Å². The van der Waals surface area contributed by atoms with Crippen LogP contribution >= 0.6 is 11.6 Å². The van der Waals surface area contributed by atoms with Gasteiger partial charge in [0, 0.05) is 11.3 Å². The fraction of sp³-hybridized carbons (Fsp3) is 0.158. The number of carbonyl (C=O) groups excluding carboxylic acids is 2. The maximum Gasteiger partial charge on any atom is 0.359 e. The first kappa shape index (κ1) is 17.8. The number of halogens is 1. The van der Waals surface area contributed by atoms with Gasteiger partial charge in [-0.15, -0.1) is 0 Å². The molecule has 0 amide bonds. The van der Waals surface area contributed by atoms with E-state index in [0.29, 0.717) is 11.4 Å². The number of hydrogen-bond acceptors (Lipinski definition) is 5. The Kier molecular flexibility index (Phi) is 5.14. The van der Waals surface area contributed by atoms with Gasteiger partial charge in [-0.3, -0.25) is 4.79 Å². The van der Waals surface area contributed by atoms with Crippen LogP contribution in [-0.4, -0.2) is 33.1 Å². The van der Waals surface area contributed by atoms with Gasteiger partial charge >= 0.3 is 5.97 Å². The second-order valence-corrected chi connectivity index (χ2v) is 6.11. The van der Waals surface area contributed by atoms with E-state index in [1.165, 1.54) is 0 Å². The average Bonchev–Trinajstić information content (AvgIpc) is 2.98. The highest BCUT2D eigenvalue weighted by molar-refractivity contribution is 6.33. The number of ketones is 1. The Morgan fingerprint density at radius 3 is 2.50 bits per heavy atom. The van der Waals surface area contributed by atoms with E-state index in [-0.39, 0.29) is 23.1 Å². The number of pyridine rings is 1. The first-order valence-electron chi connectivity index (χ1n) is 7.91. The third-order valence-electron chi connectivity index (χ3n) is 3.68. The van der Waals surface area contributed by atoms with Crippen molar-refractivity contribution in [2.45, 2.75) is 13.8 Å². The van der Waals surface area contributed by atoms with Crippen LogP contribution in [-0.2, 0) is 4.74 Å². The zero-order chi connectivity index (χ0) is 18.7. The average molecular weight is 370 g/mol. The van der Waals surface area contributed by atoms with E-state index < -0.39 is 5.97 Å². The van der Waals surface area contributed by atoms with Gasteiger partial charge in [-0.1, -0.05) is 41.9 Å². The van der Waals surface area contributed by atoms with Gasteiger partial charge in [0.05, 0.1) is 10.7 Å². The SMILES string of the molecule is Cc1cc(C)n(-c2ccc(Cl)c(C(=O)OCC(=O)c3ccccc3)n2)n1. The Hall–Kier alpha value is -2.99. The largest absolute Gasteiger partial charge is 0.453 e. The molecule has 0 aliphatic rings. The van der Waals surface area contributed by atoms with Crippen LogP contribution in [0.5, 0.6) is 0 Å². The van der Waals surface area contributed by atoms with Crippen molar-refractivity contribution in [3.05, 3.63) is 76.2 Å². The van der Waals surface area contributed by atoms with Gasteiger partial charge in [-0.05, 0) is 32.0 Å². The van der Waals surface area contributed by atoms with Crippen molar-refractivity contribution in [2.75, 3.05) is 6.61 Å². The summed E-state index contributed by atoms with van der Waals surface area (Å²) in [6.45, 7) is 3.36. The number of ether oxygens (including phenoxy) is 1. The van der Waals surface area contributed by atoms with Gasteiger partial charge in [0.15, 0.2) is 23.9 Å². The van der Waals surface area contributed by atoms with Crippen molar-refractivity contribution < 1.29 is 14.3 Å². The minimum Gasteiger partial charge on any atom is -0.453 e. The van der Waals surface area contributed by atoms with Crippen molar-refractivity contribution in [2.24, 2.45) is 0 Å². The molecule has 7 heteroatoms. The fourth-order valence-corrected chi connectivity index (χ4v) is 2.64. The molecule has 0 atom stereocenters. The Morgan fingerprint density at radius 2 is 1.85 bits per heavy atom. The highest BCUT2D eigenvalue weighted by Gasteiger charge is 2.18. The molecule has 0 N–H and O–H groups in total. The second kappa shape index (κ2) is 7.49. The lowest BCUT2D eigenvalue weighted by Gasteiger charge is -2.08. The molecule has 0 aliphatic carbocycles. The minimum absolute atomic E-state index is 0.0578. The molecule has 2 heterocycles. The van der Waals surface area contributed by atoms with Crippen molar-refractivity contribution in [1.82, 2.24) is 14.8 Å². The molecular weight excluding hydrogens is 354 g/mol. The van der Waals surface area contributed by atoms with Crippen LogP contribution in [0.1, 0.15) is 32.2 Å². The third kappa shape index (κ3) is 3.81. The zero-order valence-electron chi connectivity index (χ0n) is 14.3. The Bertz CT molecular complexity index is 967. The Morgan fingerprint density at radius 1 is 1.12 bits per heavy atom. The van der Waals surface area contributed by atoms with Crippen molar-refractivity contribution in [3.63, 3.8) is 0 Å². The zero-order valence-corrected chi connectivity index (χ0v) is 15.0. The summed E-state index contributed by atoms with van der Waals surface area (Å²) in [6, 6.07) is 13.7. The summed E-state index contributed by atoms with van der Waals surface area (Å²) in [7, 11) is 0. The maximum atomic E-state index is 12.3. The fourth-order valence-electron chi connectivity index (χ4n) is 2.46. The normalized spacial score (nSPS) is 10.6. The summed E-state index contributed by atoms with van der Waals surface area (Å²) in [5.74, 6) is -0.617. The van der Waals surface area contributed by atoms with Gasteiger partial charge in [0.2, 0.25) is 0 Å². The first-order chi connectivity index (χ1) is 12.5. The number of aryl methyl sites for hydroxylation is 2. The summed E-state index contributed by atoms with van der Waals surface area (Å²) in [5, 5.41) is 4.48. The lowest BCUT2D eigenvalue weighted by Crippen LogP contribution is -2.16. The molecule has 6 nitrogen and oxygen atoms in total. The number of hydrogen-bond donors (Lipinski definition) is 0. The highest BCUT2D eigenvalue weighted by atomic mass is 35.5. The smallest absolute Gasteiger partial charge is 0.359 e. The summed E-state index contributed by atoms with van der Waals surface area (Å²) >= 11 is 6.08. The van der Waals surface area contributed by atoms with E-state index in [4.69, 9.17) is 16.3 Å². The highest BCUT2D eigenvalue weighted by Crippen LogP contribution is 2.18. The molecule has 3 rings (SSSR count). The van der Waals surface area contributed by atoms with Gasteiger partial charge in [-0.25, -0.2) is 14.5 Å². The van der Waals surface area contributed by atoms with Crippen LogP contribution in [0, 0.1) is 13.8 Å². The van der Waals surface area contributed by atoms with E-state index in [0.717, 1.165) is 11.4 Å². The number of Topliss-reactive ketones (excluding diaryl/α,β-unsaturated/α-hetero) is 1. The van der Waals surface area contributed by atoms with Crippen molar-refractivity contribution in [1.29, 1.82) is 0 Å². The summed E-state index contributed by atoms with van der Waals surface area (Å²) < 4.78 is 6.70. The molecule has 0 radical (unpaired) electrons. The second-order valence-electron chi connectivity index (χ2n) is 5.70. The third-order valence-corrected chi connectivity index (χ3v) is 3.99. The van der Waals surface area contributed by atoms with E-state index in [2.05, 4.69) is 10.1 Å².